The van der Waals surface area contributed by atoms with E-state index in [-0.39, 0.29) is 19.2 Å². The summed E-state index contributed by atoms with van der Waals surface area (Å²) in [7, 11) is 0. The van der Waals surface area contributed by atoms with E-state index in [0.29, 0.717) is 6.61 Å². The van der Waals surface area contributed by atoms with Crippen LogP contribution in [0.5, 0.6) is 0 Å². The number of nitrogens with one attached hydrogen (secondary N) is 1. The van der Waals surface area contributed by atoms with Gasteiger partial charge >= 0.3 is 6.03 Å². The molecule has 1 rings (SSSR count). The standard InChI is InChI=1S/C7H10N2O3/c1-2-3-12-5-9-4-6(10)8-7(9)11/h2H,1,3-5H2,(H,8,10,11). The highest BCUT2D eigenvalue weighted by atomic mass is 16.5. The Hall–Kier alpha value is -1.36. The summed E-state index contributed by atoms with van der Waals surface area (Å²) < 4.78 is 4.98. The molecule has 5 nitrogen and oxygen atoms in total. The van der Waals surface area contributed by atoms with Crippen molar-refractivity contribution in [2.75, 3.05) is 19.9 Å². The number of carbonyl (C=O) groups excluding carboxylic acids is 2. The van der Waals surface area contributed by atoms with Crippen molar-refractivity contribution < 1.29 is 14.3 Å². The number of urea groups is 1. The van der Waals surface area contributed by atoms with Crippen molar-refractivity contribution in [3.8, 4) is 0 Å². The van der Waals surface area contributed by atoms with Gasteiger partial charge in [-0.25, -0.2) is 4.79 Å². The summed E-state index contributed by atoms with van der Waals surface area (Å²) in [5.74, 6) is -0.290. The molecule has 1 saturated heterocycles. The minimum absolute atomic E-state index is 0.0793. The third kappa shape index (κ3) is 2.06. The molecule has 0 radical (unpaired) electrons. The molecule has 0 bridgehead atoms. The van der Waals surface area contributed by atoms with Crippen LogP contribution in [0.2, 0.25) is 0 Å². The van der Waals surface area contributed by atoms with E-state index in [0.717, 1.165) is 0 Å². The van der Waals surface area contributed by atoms with E-state index < -0.39 is 6.03 Å². The van der Waals surface area contributed by atoms with Crippen LogP contribution in [0, 0.1) is 0 Å². The minimum atomic E-state index is -0.399. The third-order valence-electron chi connectivity index (χ3n) is 1.35. The lowest BCUT2D eigenvalue weighted by Crippen LogP contribution is -2.30. The van der Waals surface area contributed by atoms with Crippen LogP contribution < -0.4 is 5.32 Å². The van der Waals surface area contributed by atoms with Gasteiger partial charge in [-0.3, -0.25) is 15.0 Å². The largest absolute Gasteiger partial charge is 0.357 e. The molecular weight excluding hydrogens is 160 g/mol. The highest BCUT2D eigenvalue weighted by Crippen LogP contribution is 1.97. The molecule has 66 valence electrons. The van der Waals surface area contributed by atoms with Gasteiger partial charge in [0, 0.05) is 0 Å². The summed E-state index contributed by atoms with van der Waals surface area (Å²) >= 11 is 0. The zero-order chi connectivity index (χ0) is 8.97. The molecule has 5 heteroatoms. The number of carbonyl (C=O) groups is 2. The van der Waals surface area contributed by atoms with Crippen molar-refractivity contribution in [3.63, 3.8) is 0 Å². The molecule has 1 fully saturated rings. The summed E-state index contributed by atoms with van der Waals surface area (Å²) in [6.07, 6.45) is 1.58. The van der Waals surface area contributed by atoms with Crippen molar-refractivity contribution >= 4 is 11.9 Å². The first-order chi connectivity index (χ1) is 5.74. The van der Waals surface area contributed by atoms with Crippen molar-refractivity contribution in [1.29, 1.82) is 0 Å². The Morgan fingerprint density at radius 2 is 2.42 bits per heavy atom. The fraction of sp³-hybridized carbons (Fsp3) is 0.429. The lowest BCUT2D eigenvalue weighted by molar-refractivity contribution is -0.118. The molecule has 3 amide bonds. The fourth-order valence-corrected chi connectivity index (χ4v) is 0.834. The van der Waals surface area contributed by atoms with Gasteiger partial charge in [0.2, 0.25) is 5.91 Å². The molecular formula is C7H10N2O3. The average Bonchev–Trinajstić information content (AvgIpc) is 2.31. The van der Waals surface area contributed by atoms with Gasteiger partial charge in [0.05, 0.1) is 6.61 Å². The number of rotatable bonds is 4. The van der Waals surface area contributed by atoms with Gasteiger partial charge < -0.3 is 4.74 Å². The van der Waals surface area contributed by atoms with E-state index in [1.165, 1.54) is 4.90 Å². The van der Waals surface area contributed by atoms with E-state index in [2.05, 4.69) is 11.9 Å². The van der Waals surface area contributed by atoms with Crippen LogP contribution in [-0.4, -0.2) is 36.7 Å². The predicted molar refractivity (Wildman–Crippen MR) is 41.3 cm³/mol. The number of nitrogens with zero attached hydrogens (tertiary/aromatic N) is 1. The maximum Gasteiger partial charge on any atom is 0.326 e. The van der Waals surface area contributed by atoms with E-state index in [9.17, 15) is 9.59 Å². The first-order valence-corrected chi connectivity index (χ1v) is 3.51. The molecule has 0 aromatic rings. The van der Waals surface area contributed by atoms with Crippen molar-refractivity contribution in [3.05, 3.63) is 12.7 Å². The first-order valence-electron chi connectivity index (χ1n) is 3.51. The first kappa shape index (κ1) is 8.73. The quantitative estimate of drug-likeness (QED) is 0.358. The molecule has 0 aliphatic carbocycles. The van der Waals surface area contributed by atoms with E-state index in [4.69, 9.17) is 4.74 Å². The number of ether oxygens (including phenoxy) is 1. The Labute approximate surface area is 70.0 Å². The van der Waals surface area contributed by atoms with Gasteiger partial charge in [-0.2, -0.15) is 0 Å². The van der Waals surface area contributed by atoms with Crippen LogP contribution in [0.15, 0.2) is 12.7 Å². The molecule has 0 aromatic heterocycles. The monoisotopic (exact) mass is 170 g/mol. The van der Waals surface area contributed by atoms with Crippen LogP contribution in [0.3, 0.4) is 0 Å². The molecule has 0 unspecified atom stereocenters. The highest BCUT2D eigenvalue weighted by molar-refractivity contribution is 6.01. The Kier molecular flexibility index (Phi) is 2.82. The molecule has 0 spiro atoms. The number of imide groups is 1. The highest BCUT2D eigenvalue weighted by Gasteiger charge is 2.25. The van der Waals surface area contributed by atoms with E-state index >= 15 is 0 Å². The average molecular weight is 170 g/mol. The number of hydrogen-bond donors (Lipinski definition) is 1. The van der Waals surface area contributed by atoms with E-state index in [1.54, 1.807) is 6.08 Å². The number of amides is 3. The summed E-state index contributed by atoms with van der Waals surface area (Å²) in [6, 6.07) is -0.399. The van der Waals surface area contributed by atoms with Crippen LogP contribution in [0.4, 0.5) is 4.79 Å². The van der Waals surface area contributed by atoms with Gasteiger partial charge in [-0.15, -0.1) is 6.58 Å². The maximum atomic E-state index is 10.9. The third-order valence-corrected chi connectivity index (χ3v) is 1.35. The minimum Gasteiger partial charge on any atom is -0.357 e. The predicted octanol–water partition coefficient (Wildman–Crippen LogP) is -0.302. The normalized spacial score (nSPS) is 16.5. The molecule has 0 atom stereocenters. The van der Waals surface area contributed by atoms with E-state index in [1.807, 2.05) is 0 Å². The second-order valence-electron chi connectivity index (χ2n) is 2.34. The Balaban J connectivity index is 2.28. The molecule has 0 saturated carbocycles. The van der Waals surface area contributed by atoms with Crippen molar-refractivity contribution in [1.82, 2.24) is 10.2 Å². The second kappa shape index (κ2) is 3.87. The van der Waals surface area contributed by atoms with Crippen LogP contribution in [0.1, 0.15) is 0 Å². The maximum absolute atomic E-state index is 10.9. The topological polar surface area (TPSA) is 58.6 Å². The Bertz CT molecular complexity index is 215. The lowest BCUT2D eigenvalue weighted by Gasteiger charge is -2.11. The van der Waals surface area contributed by atoms with Gasteiger partial charge in [-0.1, -0.05) is 6.08 Å². The smallest absolute Gasteiger partial charge is 0.326 e. The summed E-state index contributed by atoms with van der Waals surface area (Å²) in [5, 5.41) is 2.14. The van der Waals surface area contributed by atoms with Gasteiger partial charge in [0.15, 0.2) is 0 Å². The van der Waals surface area contributed by atoms with Crippen molar-refractivity contribution in [2.24, 2.45) is 0 Å². The summed E-state index contributed by atoms with van der Waals surface area (Å²) in [6.45, 7) is 4.03. The van der Waals surface area contributed by atoms with Gasteiger partial charge in [0.25, 0.3) is 0 Å². The second-order valence-corrected chi connectivity index (χ2v) is 2.34. The fourth-order valence-electron chi connectivity index (χ4n) is 0.834. The molecule has 1 aliphatic rings. The molecule has 1 N–H and O–H groups in total. The molecule has 1 heterocycles. The Morgan fingerprint density at radius 1 is 1.67 bits per heavy atom. The Morgan fingerprint density at radius 3 is 2.92 bits per heavy atom. The van der Waals surface area contributed by atoms with Crippen LogP contribution in [0.25, 0.3) is 0 Å². The zero-order valence-electron chi connectivity index (χ0n) is 6.58. The SMILES string of the molecule is C=CCOCN1CC(=O)NC1=O. The lowest BCUT2D eigenvalue weighted by atomic mass is 10.6. The number of hydrogen-bond acceptors (Lipinski definition) is 3. The van der Waals surface area contributed by atoms with Crippen LogP contribution >= 0.6 is 0 Å². The molecule has 0 aromatic carbocycles. The van der Waals surface area contributed by atoms with Crippen LogP contribution in [-0.2, 0) is 9.53 Å². The van der Waals surface area contributed by atoms with Gasteiger partial charge in [0.1, 0.15) is 13.3 Å². The van der Waals surface area contributed by atoms with Crippen molar-refractivity contribution in [2.45, 2.75) is 0 Å². The molecule has 1 aliphatic heterocycles. The summed E-state index contributed by atoms with van der Waals surface area (Å²) in [5.41, 5.74) is 0. The summed E-state index contributed by atoms with van der Waals surface area (Å²) in [4.78, 5) is 22.8. The molecule has 12 heavy (non-hydrogen) atoms. The van der Waals surface area contributed by atoms with Gasteiger partial charge in [-0.05, 0) is 0 Å². The zero-order valence-corrected chi connectivity index (χ0v) is 6.58.